The van der Waals surface area contributed by atoms with E-state index in [1.54, 1.807) is 0 Å². The average Bonchev–Trinajstić information content (AvgIpc) is 3.60. The molecule has 4 aromatic rings. The lowest BCUT2D eigenvalue weighted by molar-refractivity contribution is -0.121. The van der Waals surface area contributed by atoms with Gasteiger partial charge in [0.05, 0.1) is 13.1 Å². The first-order chi connectivity index (χ1) is 16.5. The van der Waals surface area contributed by atoms with Gasteiger partial charge in [-0.05, 0) is 36.8 Å². The Morgan fingerprint density at radius 3 is 2.47 bits per heavy atom. The number of aryl methyl sites for hydroxylation is 1. The number of likely N-dealkylation sites (tertiary alicyclic amines) is 1. The number of hydrogen-bond donors (Lipinski definition) is 1. The van der Waals surface area contributed by atoms with Crippen LogP contribution in [0.1, 0.15) is 34.6 Å². The minimum atomic E-state index is -0.649. The summed E-state index contributed by atoms with van der Waals surface area (Å²) in [4.78, 5) is 27.0. The van der Waals surface area contributed by atoms with Crippen molar-refractivity contribution in [3.8, 4) is 5.69 Å². The fourth-order valence-electron chi connectivity index (χ4n) is 5.16. The summed E-state index contributed by atoms with van der Waals surface area (Å²) in [6.45, 7) is 3.01. The van der Waals surface area contributed by atoms with Gasteiger partial charge in [-0.2, -0.15) is 5.10 Å². The Hall–Kier alpha value is -3.97. The van der Waals surface area contributed by atoms with Crippen LogP contribution in [0, 0.1) is 6.92 Å². The molecule has 172 valence electrons. The lowest BCUT2D eigenvalue weighted by Crippen LogP contribution is -2.62. The summed E-state index contributed by atoms with van der Waals surface area (Å²) in [6, 6.07) is 22.8. The van der Waals surface area contributed by atoms with Crippen LogP contribution in [0.5, 0.6) is 0 Å². The molecule has 1 saturated heterocycles. The van der Waals surface area contributed by atoms with Crippen LogP contribution in [0.2, 0.25) is 0 Å². The number of carbonyl (C=O) groups excluding carboxylic acids is 2. The van der Waals surface area contributed by atoms with E-state index in [0.717, 1.165) is 29.1 Å². The van der Waals surface area contributed by atoms with Crippen molar-refractivity contribution in [2.24, 2.45) is 5.73 Å². The molecule has 3 heterocycles. The van der Waals surface area contributed by atoms with Crippen LogP contribution in [0.15, 0.2) is 85.2 Å². The quantitative estimate of drug-likeness (QED) is 0.450. The predicted octanol–water partition coefficient (Wildman–Crippen LogP) is 3.83. The first-order valence-electron chi connectivity index (χ1n) is 11.5. The molecule has 1 unspecified atom stereocenters. The van der Waals surface area contributed by atoms with Crippen LogP contribution in [0.3, 0.4) is 0 Å². The third-order valence-electron chi connectivity index (χ3n) is 6.78. The number of aromatic nitrogens is 3. The molecule has 7 nitrogen and oxygen atoms in total. The van der Waals surface area contributed by atoms with Gasteiger partial charge in [-0.1, -0.05) is 42.5 Å². The Bertz CT molecular complexity index is 1330. The fourth-order valence-corrected chi connectivity index (χ4v) is 5.16. The third-order valence-corrected chi connectivity index (χ3v) is 6.78. The highest BCUT2D eigenvalue weighted by atomic mass is 16.2. The zero-order valence-electron chi connectivity index (χ0n) is 19.2. The van der Waals surface area contributed by atoms with E-state index in [0.29, 0.717) is 25.2 Å². The molecular formula is C27H28N5O2+. The van der Waals surface area contributed by atoms with Gasteiger partial charge in [0.2, 0.25) is 0 Å². The number of amides is 2. The van der Waals surface area contributed by atoms with Crippen molar-refractivity contribution >= 4 is 17.5 Å². The minimum Gasteiger partial charge on any atom is -0.364 e. The molecule has 1 aliphatic rings. The maximum atomic E-state index is 14.3. The SMILES string of the molecule is Cc1cc(C(=O)[N+]2(c3ccccc3-n3cccc3)CCC[C@H]2C(N)=O)nn1Cc1ccccc1. The van der Waals surface area contributed by atoms with Crippen molar-refractivity contribution in [3.05, 3.63) is 102 Å². The van der Waals surface area contributed by atoms with E-state index < -0.39 is 11.9 Å². The molecule has 7 heteroatoms. The molecule has 0 aliphatic carbocycles. The third kappa shape index (κ3) is 3.64. The summed E-state index contributed by atoms with van der Waals surface area (Å²) < 4.78 is 3.66. The molecule has 2 atom stereocenters. The predicted molar refractivity (Wildman–Crippen MR) is 131 cm³/mol. The molecular weight excluding hydrogens is 426 g/mol. The second kappa shape index (κ2) is 8.76. The van der Waals surface area contributed by atoms with Gasteiger partial charge in [-0.15, -0.1) is 0 Å². The number of quaternary nitrogens is 1. The van der Waals surface area contributed by atoms with Crippen LogP contribution in [0.25, 0.3) is 5.69 Å². The lowest BCUT2D eigenvalue weighted by atomic mass is 10.1. The Morgan fingerprint density at radius 1 is 1.03 bits per heavy atom. The average molecular weight is 455 g/mol. The van der Waals surface area contributed by atoms with Gasteiger partial charge in [-0.25, -0.2) is 9.28 Å². The number of nitrogens with two attached hydrogens (primary N) is 1. The second-order valence-corrected chi connectivity index (χ2v) is 8.85. The highest BCUT2D eigenvalue weighted by molar-refractivity contribution is 6.06. The largest absolute Gasteiger partial charge is 0.372 e. The molecule has 0 saturated carbocycles. The molecule has 34 heavy (non-hydrogen) atoms. The Morgan fingerprint density at radius 2 is 1.74 bits per heavy atom. The molecule has 1 fully saturated rings. The smallest absolute Gasteiger partial charge is 0.364 e. The zero-order valence-corrected chi connectivity index (χ0v) is 19.2. The topological polar surface area (TPSA) is 82.9 Å². The molecule has 2 aromatic carbocycles. The number of hydrogen-bond acceptors (Lipinski definition) is 3. The second-order valence-electron chi connectivity index (χ2n) is 8.85. The molecule has 0 spiro atoms. The molecule has 2 amide bonds. The summed E-state index contributed by atoms with van der Waals surface area (Å²) in [6.07, 6.45) is 5.16. The van der Waals surface area contributed by atoms with Gasteiger partial charge in [0, 0.05) is 37.0 Å². The van der Waals surface area contributed by atoms with Gasteiger partial charge in [-0.3, -0.25) is 9.48 Å². The monoisotopic (exact) mass is 454 g/mol. The minimum absolute atomic E-state index is 0.147. The van der Waals surface area contributed by atoms with Crippen LogP contribution < -0.4 is 10.2 Å². The fraction of sp³-hybridized carbons (Fsp3) is 0.222. The van der Waals surface area contributed by atoms with E-state index in [9.17, 15) is 9.59 Å². The maximum absolute atomic E-state index is 14.3. The van der Waals surface area contributed by atoms with E-state index >= 15 is 0 Å². The summed E-state index contributed by atoms with van der Waals surface area (Å²) in [7, 11) is 0. The first kappa shape index (κ1) is 21.9. The van der Waals surface area contributed by atoms with Gasteiger partial charge in [0.25, 0.3) is 5.91 Å². The van der Waals surface area contributed by atoms with Crippen molar-refractivity contribution in [1.82, 2.24) is 18.8 Å². The van der Waals surface area contributed by atoms with E-state index in [-0.39, 0.29) is 10.4 Å². The first-order valence-corrected chi connectivity index (χ1v) is 11.5. The number of nitrogens with zero attached hydrogens (tertiary/aromatic N) is 4. The summed E-state index contributed by atoms with van der Waals surface area (Å²) in [5.74, 6) is -0.663. The van der Waals surface area contributed by atoms with Gasteiger partial charge in [0.15, 0.2) is 17.4 Å². The zero-order chi connectivity index (χ0) is 23.7. The Labute approximate surface area is 198 Å². The number of benzene rings is 2. The standard InChI is InChI=1S/C27H27N5O2/c1-20-18-22(29-31(20)19-21-10-3-2-4-11-21)27(34)32(17-9-14-25(32)26(28)33)24-13-6-5-12-23(24)30-15-7-8-16-30/h2-8,10-13,15-16,18,25H,9,14,17,19H2,1H3,(H-,28,33)/p+1/t25-,32?/m0/s1. The van der Waals surface area contributed by atoms with Crippen LogP contribution in [-0.2, 0) is 11.3 Å². The van der Waals surface area contributed by atoms with Crippen molar-refractivity contribution in [1.29, 1.82) is 0 Å². The Kier molecular flexibility index (Phi) is 5.63. The van der Waals surface area contributed by atoms with E-state index in [1.165, 1.54) is 0 Å². The van der Waals surface area contributed by atoms with Crippen LogP contribution >= 0.6 is 0 Å². The van der Waals surface area contributed by atoms with Crippen LogP contribution in [0.4, 0.5) is 5.69 Å². The van der Waals surface area contributed by atoms with Gasteiger partial charge >= 0.3 is 5.91 Å². The van der Waals surface area contributed by atoms with E-state index in [4.69, 9.17) is 10.8 Å². The molecule has 5 rings (SSSR count). The summed E-state index contributed by atoms with van der Waals surface area (Å²) >= 11 is 0. The van der Waals surface area contributed by atoms with E-state index in [1.807, 2.05) is 101 Å². The molecule has 2 aromatic heterocycles. The number of carbonyl (C=O) groups is 2. The molecule has 0 radical (unpaired) electrons. The highest BCUT2D eigenvalue weighted by Crippen LogP contribution is 2.40. The van der Waals surface area contributed by atoms with Crippen molar-refractivity contribution in [3.63, 3.8) is 0 Å². The Balaban J connectivity index is 1.62. The van der Waals surface area contributed by atoms with Gasteiger partial charge in [0.1, 0.15) is 5.69 Å². The summed E-state index contributed by atoms with van der Waals surface area (Å²) in [5, 5.41) is 4.70. The van der Waals surface area contributed by atoms with Crippen molar-refractivity contribution < 1.29 is 9.59 Å². The number of primary amides is 1. The molecule has 1 aliphatic heterocycles. The van der Waals surface area contributed by atoms with Crippen molar-refractivity contribution in [2.75, 3.05) is 6.54 Å². The lowest BCUT2D eigenvalue weighted by Gasteiger charge is -2.36. The molecule has 0 bridgehead atoms. The molecule has 2 N–H and O–H groups in total. The van der Waals surface area contributed by atoms with Gasteiger partial charge < -0.3 is 10.3 Å². The number of rotatable bonds is 6. The van der Waals surface area contributed by atoms with E-state index in [2.05, 4.69) is 0 Å². The highest BCUT2D eigenvalue weighted by Gasteiger charge is 2.55. The number of para-hydroxylation sites is 2. The maximum Gasteiger partial charge on any atom is 0.372 e. The van der Waals surface area contributed by atoms with Crippen molar-refractivity contribution in [2.45, 2.75) is 32.4 Å². The van der Waals surface area contributed by atoms with Crippen LogP contribution in [-0.4, -0.2) is 38.7 Å². The summed E-state index contributed by atoms with van der Waals surface area (Å²) in [5.41, 5.74) is 9.85. The normalized spacial score (nSPS) is 19.9.